The largest absolute Gasteiger partial charge is 0.371 e. The van der Waals surface area contributed by atoms with Crippen molar-refractivity contribution < 1.29 is 0 Å². The summed E-state index contributed by atoms with van der Waals surface area (Å²) in [5.74, 6) is 0.879. The molecule has 0 radical (unpaired) electrons. The van der Waals surface area contributed by atoms with Gasteiger partial charge in [-0.05, 0) is 48.8 Å². The van der Waals surface area contributed by atoms with Gasteiger partial charge in [-0.1, -0.05) is 25.5 Å². The standard InChI is InChI=1S/C15H21N/c1-2-3-10-16-11-9-13-8-7-12-5-4-6-14(16)15(12)13/h4-6,13H,2-3,7-11H2,1H3/t13-/m0/s1. The molecule has 16 heavy (non-hydrogen) atoms. The molecule has 0 saturated heterocycles. The highest BCUT2D eigenvalue weighted by molar-refractivity contribution is 5.62. The topological polar surface area (TPSA) is 3.24 Å². The van der Waals surface area contributed by atoms with Crippen LogP contribution in [-0.2, 0) is 6.42 Å². The normalized spacial score (nSPS) is 22.3. The Labute approximate surface area is 98.5 Å². The second-order valence-corrected chi connectivity index (χ2v) is 5.21. The van der Waals surface area contributed by atoms with E-state index in [4.69, 9.17) is 0 Å². The number of unbranched alkanes of at least 4 members (excludes halogenated alkanes) is 1. The van der Waals surface area contributed by atoms with Crippen LogP contribution in [0.5, 0.6) is 0 Å². The quantitative estimate of drug-likeness (QED) is 0.742. The summed E-state index contributed by atoms with van der Waals surface area (Å²) < 4.78 is 0. The summed E-state index contributed by atoms with van der Waals surface area (Å²) in [6.07, 6.45) is 6.72. The van der Waals surface area contributed by atoms with Crippen molar-refractivity contribution in [2.75, 3.05) is 18.0 Å². The Kier molecular flexibility index (Phi) is 2.62. The van der Waals surface area contributed by atoms with Crippen LogP contribution in [0.25, 0.3) is 0 Å². The molecule has 0 aromatic heterocycles. The van der Waals surface area contributed by atoms with Gasteiger partial charge in [0.25, 0.3) is 0 Å². The zero-order valence-electron chi connectivity index (χ0n) is 10.2. The SMILES string of the molecule is CCCCN1CC[C@@H]2CCc3cccc1c32. The Bertz CT molecular complexity index is 383. The summed E-state index contributed by atoms with van der Waals surface area (Å²) in [7, 11) is 0. The van der Waals surface area contributed by atoms with Gasteiger partial charge in [0.2, 0.25) is 0 Å². The maximum atomic E-state index is 2.62. The highest BCUT2D eigenvalue weighted by Crippen LogP contribution is 2.44. The van der Waals surface area contributed by atoms with Crippen molar-refractivity contribution in [2.24, 2.45) is 0 Å². The monoisotopic (exact) mass is 215 g/mol. The van der Waals surface area contributed by atoms with E-state index in [1.165, 1.54) is 45.2 Å². The van der Waals surface area contributed by atoms with Gasteiger partial charge in [0.05, 0.1) is 0 Å². The van der Waals surface area contributed by atoms with Crippen molar-refractivity contribution in [3.8, 4) is 0 Å². The minimum Gasteiger partial charge on any atom is -0.371 e. The molecule has 0 amide bonds. The number of nitrogens with zero attached hydrogens (tertiary/aromatic N) is 1. The fourth-order valence-electron chi connectivity index (χ4n) is 3.34. The van der Waals surface area contributed by atoms with Crippen LogP contribution in [0.4, 0.5) is 5.69 Å². The van der Waals surface area contributed by atoms with Gasteiger partial charge in [0, 0.05) is 18.8 Å². The van der Waals surface area contributed by atoms with E-state index in [0.717, 1.165) is 5.92 Å². The Balaban J connectivity index is 1.93. The molecule has 0 N–H and O–H groups in total. The molecule has 1 nitrogen and oxygen atoms in total. The number of anilines is 1. The molecule has 1 aliphatic carbocycles. The lowest BCUT2D eigenvalue weighted by molar-refractivity contribution is 0.567. The van der Waals surface area contributed by atoms with E-state index >= 15 is 0 Å². The number of hydrogen-bond donors (Lipinski definition) is 0. The molecule has 0 bridgehead atoms. The van der Waals surface area contributed by atoms with Gasteiger partial charge in [-0.2, -0.15) is 0 Å². The van der Waals surface area contributed by atoms with Gasteiger partial charge in [-0.25, -0.2) is 0 Å². The van der Waals surface area contributed by atoms with Crippen LogP contribution in [0.2, 0.25) is 0 Å². The molecule has 0 saturated carbocycles. The van der Waals surface area contributed by atoms with Crippen LogP contribution < -0.4 is 4.90 Å². The zero-order valence-corrected chi connectivity index (χ0v) is 10.2. The van der Waals surface area contributed by atoms with Crippen molar-refractivity contribution in [1.29, 1.82) is 0 Å². The van der Waals surface area contributed by atoms with Gasteiger partial charge in [0.1, 0.15) is 0 Å². The van der Waals surface area contributed by atoms with Crippen LogP contribution in [-0.4, -0.2) is 13.1 Å². The maximum Gasteiger partial charge on any atom is 0.0404 e. The summed E-state index contributed by atoms with van der Waals surface area (Å²) in [5.41, 5.74) is 4.88. The van der Waals surface area contributed by atoms with Crippen LogP contribution in [0.3, 0.4) is 0 Å². The first-order chi connectivity index (χ1) is 7.90. The van der Waals surface area contributed by atoms with Gasteiger partial charge in [-0.3, -0.25) is 0 Å². The first-order valence-electron chi connectivity index (χ1n) is 6.77. The summed E-state index contributed by atoms with van der Waals surface area (Å²) >= 11 is 0. The molecule has 1 heteroatoms. The minimum absolute atomic E-state index is 0.879. The van der Waals surface area contributed by atoms with Crippen LogP contribution in [0.15, 0.2) is 18.2 Å². The van der Waals surface area contributed by atoms with Gasteiger partial charge >= 0.3 is 0 Å². The molecule has 1 aromatic rings. The lowest BCUT2D eigenvalue weighted by Crippen LogP contribution is -2.31. The van der Waals surface area contributed by atoms with E-state index in [-0.39, 0.29) is 0 Å². The van der Waals surface area contributed by atoms with E-state index in [2.05, 4.69) is 30.0 Å². The van der Waals surface area contributed by atoms with Gasteiger partial charge in [0.15, 0.2) is 0 Å². The number of rotatable bonds is 3. The molecule has 2 aliphatic rings. The molecule has 1 heterocycles. The van der Waals surface area contributed by atoms with Crippen LogP contribution in [0, 0.1) is 0 Å². The number of hydrogen-bond acceptors (Lipinski definition) is 1. The van der Waals surface area contributed by atoms with E-state index in [9.17, 15) is 0 Å². The molecule has 3 rings (SSSR count). The third kappa shape index (κ3) is 1.53. The Hall–Kier alpha value is -0.980. The number of aryl methyl sites for hydroxylation is 1. The highest BCUT2D eigenvalue weighted by atomic mass is 15.1. The predicted molar refractivity (Wildman–Crippen MR) is 69.2 cm³/mol. The third-order valence-electron chi connectivity index (χ3n) is 4.21. The van der Waals surface area contributed by atoms with Crippen molar-refractivity contribution in [1.82, 2.24) is 0 Å². The summed E-state index contributed by atoms with van der Waals surface area (Å²) in [4.78, 5) is 2.62. The Morgan fingerprint density at radius 1 is 1.31 bits per heavy atom. The average molecular weight is 215 g/mol. The fourth-order valence-corrected chi connectivity index (χ4v) is 3.34. The van der Waals surface area contributed by atoms with Crippen LogP contribution >= 0.6 is 0 Å². The lowest BCUT2D eigenvalue weighted by atomic mass is 9.91. The van der Waals surface area contributed by atoms with E-state index in [1.807, 2.05) is 0 Å². The maximum absolute atomic E-state index is 2.62. The van der Waals surface area contributed by atoms with Crippen molar-refractivity contribution in [2.45, 2.75) is 44.9 Å². The first kappa shape index (κ1) is 10.2. The van der Waals surface area contributed by atoms with E-state index in [0.29, 0.717) is 0 Å². The van der Waals surface area contributed by atoms with E-state index in [1.54, 1.807) is 16.8 Å². The molecule has 86 valence electrons. The third-order valence-corrected chi connectivity index (χ3v) is 4.21. The summed E-state index contributed by atoms with van der Waals surface area (Å²) in [6, 6.07) is 6.93. The van der Waals surface area contributed by atoms with Gasteiger partial charge in [-0.15, -0.1) is 0 Å². The van der Waals surface area contributed by atoms with Crippen molar-refractivity contribution in [3.63, 3.8) is 0 Å². The second kappa shape index (κ2) is 4.12. The molecule has 0 fully saturated rings. The molecule has 0 spiro atoms. The highest BCUT2D eigenvalue weighted by Gasteiger charge is 2.30. The number of benzene rings is 1. The second-order valence-electron chi connectivity index (χ2n) is 5.21. The average Bonchev–Trinajstić information content (AvgIpc) is 2.74. The predicted octanol–water partition coefficient (Wildman–Crippen LogP) is 3.73. The van der Waals surface area contributed by atoms with Crippen LogP contribution in [0.1, 0.15) is 49.7 Å². The Morgan fingerprint density at radius 2 is 2.25 bits per heavy atom. The Morgan fingerprint density at radius 3 is 3.12 bits per heavy atom. The summed E-state index contributed by atoms with van der Waals surface area (Å²) in [5, 5.41) is 0. The lowest BCUT2D eigenvalue weighted by Gasteiger charge is -2.34. The molecular formula is C15H21N. The summed E-state index contributed by atoms with van der Waals surface area (Å²) in [6.45, 7) is 4.81. The fraction of sp³-hybridized carbons (Fsp3) is 0.600. The molecule has 0 unspecified atom stereocenters. The van der Waals surface area contributed by atoms with E-state index < -0.39 is 0 Å². The van der Waals surface area contributed by atoms with Crippen molar-refractivity contribution >= 4 is 5.69 Å². The first-order valence-corrected chi connectivity index (χ1v) is 6.77. The molecule has 1 aliphatic heterocycles. The van der Waals surface area contributed by atoms with Gasteiger partial charge < -0.3 is 4.90 Å². The molecule has 1 atom stereocenters. The molecular weight excluding hydrogens is 194 g/mol. The zero-order chi connectivity index (χ0) is 11.0. The smallest absolute Gasteiger partial charge is 0.0404 e. The minimum atomic E-state index is 0.879. The van der Waals surface area contributed by atoms with Crippen molar-refractivity contribution in [3.05, 3.63) is 29.3 Å². The molecule has 1 aromatic carbocycles.